The Bertz CT molecular complexity index is 542. The summed E-state index contributed by atoms with van der Waals surface area (Å²) in [5, 5.41) is 3.41. The molecule has 0 spiro atoms. The molecular formula is C12H18ClN5O. The number of aryl methyl sites for hydroxylation is 1. The average molecular weight is 284 g/mol. The van der Waals surface area contributed by atoms with Crippen molar-refractivity contribution in [2.24, 2.45) is 0 Å². The number of nitrogens with one attached hydrogen (secondary N) is 1. The van der Waals surface area contributed by atoms with Crippen LogP contribution < -0.4 is 5.32 Å². The van der Waals surface area contributed by atoms with Crippen LogP contribution in [0.3, 0.4) is 0 Å². The van der Waals surface area contributed by atoms with Gasteiger partial charge in [-0.15, -0.1) is 0 Å². The lowest BCUT2D eigenvalue weighted by Crippen LogP contribution is -2.11. The standard InChI is InChI=1S/C12H18ClN5O/c1-3-4-6-18-8-15-11-9(18)10(14-5-7-19-2)16-12(13)17-11/h8H,3-7H2,1-2H3,(H,14,16,17). The van der Waals surface area contributed by atoms with Gasteiger partial charge in [0.1, 0.15) is 5.52 Å². The van der Waals surface area contributed by atoms with Crippen molar-refractivity contribution in [2.75, 3.05) is 25.6 Å². The van der Waals surface area contributed by atoms with Gasteiger partial charge >= 0.3 is 0 Å². The Kier molecular flexibility index (Phi) is 4.93. The van der Waals surface area contributed by atoms with Crippen LogP contribution in [-0.2, 0) is 11.3 Å². The molecule has 0 amide bonds. The Balaban J connectivity index is 2.32. The normalized spacial score (nSPS) is 11.1. The molecule has 0 saturated heterocycles. The van der Waals surface area contributed by atoms with Crippen LogP contribution in [0.2, 0.25) is 5.28 Å². The molecule has 0 fully saturated rings. The molecule has 0 aliphatic carbocycles. The number of halogens is 1. The van der Waals surface area contributed by atoms with Crippen LogP contribution in [0.5, 0.6) is 0 Å². The quantitative estimate of drug-likeness (QED) is 0.624. The number of imidazole rings is 1. The molecule has 0 bridgehead atoms. The fourth-order valence-electron chi connectivity index (χ4n) is 1.85. The first-order chi connectivity index (χ1) is 9.26. The summed E-state index contributed by atoms with van der Waals surface area (Å²) in [5.41, 5.74) is 1.52. The fourth-order valence-corrected chi connectivity index (χ4v) is 2.01. The second kappa shape index (κ2) is 6.68. The highest BCUT2D eigenvalue weighted by molar-refractivity contribution is 6.28. The summed E-state index contributed by atoms with van der Waals surface area (Å²) in [7, 11) is 1.66. The SMILES string of the molecule is CCCCn1cnc2nc(Cl)nc(NCCOC)c21. The summed E-state index contributed by atoms with van der Waals surface area (Å²) in [5.74, 6) is 0.709. The predicted octanol–water partition coefficient (Wildman–Crippen LogP) is 2.34. The fraction of sp³-hybridized carbons (Fsp3) is 0.583. The van der Waals surface area contributed by atoms with Gasteiger partial charge in [0.05, 0.1) is 12.9 Å². The molecule has 0 unspecified atom stereocenters. The first kappa shape index (κ1) is 14.0. The molecule has 19 heavy (non-hydrogen) atoms. The van der Waals surface area contributed by atoms with E-state index >= 15 is 0 Å². The highest BCUT2D eigenvalue weighted by atomic mass is 35.5. The van der Waals surface area contributed by atoms with Gasteiger partial charge in [0.25, 0.3) is 0 Å². The summed E-state index contributed by atoms with van der Waals surface area (Å²) in [4.78, 5) is 12.7. The number of fused-ring (bicyclic) bond motifs is 1. The average Bonchev–Trinajstić information content (AvgIpc) is 2.79. The molecule has 6 nitrogen and oxygen atoms in total. The minimum Gasteiger partial charge on any atom is -0.383 e. The third kappa shape index (κ3) is 3.33. The number of aromatic nitrogens is 4. The molecule has 2 rings (SSSR count). The summed E-state index contributed by atoms with van der Waals surface area (Å²) in [6, 6.07) is 0. The third-order valence-electron chi connectivity index (χ3n) is 2.80. The van der Waals surface area contributed by atoms with Crippen LogP contribution in [-0.4, -0.2) is 39.8 Å². The first-order valence-corrected chi connectivity index (χ1v) is 6.75. The zero-order valence-corrected chi connectivity index (χ0v) is 11.9. The molecule has 7 heteroatoms. The first-order valence-electron chi connectivity index (χ1n) is 6.37. The molecule has 0 aromatic carbocycles. The Hall–Kier alpha value is -1.40. The molecular weight excluding hydrogens is 266 g/mol. The van der Waals surface area contributed by atoms with E-state index in [1.54, 1.807) is 13.4 Å². The van der Waals surface area contributed by atoms with E-state index in [9.17, 15) is 0 Å². The van der Waals surface area contributed by atoms with E-state index in [-0.39, 0.29) is 5.28 Å². The van der Waals surface area contributed by atoms with E-state index in [2.05, 4.69) is 31.8 Å². The van der Waals surface area contributed by atoms with E-state index in [0.29, 0.717) is 24.6 Å². The Morgan fingerprint density at radius 2 is 2.26 bits per heavy atom. The summed E-state index contributed by atoms with van der Waals surface area (Å²) >= 11 is 5.91. The lowest BCUT2D eigenvalue weighted by molar-refractivity contribution is 0.210. The topological polar surface area (TPSA) is 64.9 Å². The van der Waals surface area contributed by atoms with Gasteiger partial charge in [-0.05, 0) is 18.0 Å². The van der Waals surface area contributed by atoms with E-state index in [1.807, 2.05) is 0 Å². The van der Waals surface area contributed by atoms with Gasteiger partial charge in [-0.2, -0.15) is 9.97 Å². The number of hydrogen-bond acceptors (Lipinski definition) is 5. The van der Waals surface area contributed by atoms with Crippen molar-refractivity contribution >= 4 is 28.6 Å². The number of anilines is 1. The van der Waals surface area contributed by atoms with Gasteiger partial charge in [-0.25, -0.2) is 4.98 Å². The van der Waals surface area contributed by atoms with Gasteiger partial charge < -0.3 is 14.6 Å². The molecule has 0 aliphatic heterocycles. The van der Waals surface area contributed by atoms with E-state index in [0.717, 1.165) is 24.9 Å². The van der Waals surface area contributed by atoms with Crippen LogP contribution in [0, 0.1) is 0 Å². The molecule has 1 N–H and O–H groups in total. The molecule has 2 heterocycles. The maximum absolute atomic E-state index is 5.91. The van der Waals surface area contributed by atoms with Crippen LogP contribution in [0.25, 0.3) is 11.2 Å². The van der Waals surface area contributed by atoms with Crippen molar-refractivity contribution in [1.29, 1.82) is 0 Å². The summed E-state index contributed by atoms with van der Waals surface area (Å²) in [6.07, 6.45) is 4.00. The van der Waals surface area contributed by atoms with Crippen LogP contribution in [0.4, 0.5) is 5.82 Å². The van der Waals surface area contributed by atoms with Crippen molar-refractivity contribution < 1.29 is 4.74 Å². The number of hydrogen-bond donors (Lipinski definition) is 1. The number of rotatable bonds is 7. The zero-order chi connectivity index (χ0) is 13.7. The lowest BCUT2D eigenvalue weighted by atomic mass is 10.3. The molecule has 2 aromatic heterocycles. The molecule has 0 radical (unpaired) electrons. The maximum Gasteiger partial charge on any atom is 0.226 e. The predicted molar refractivity (Wildman–Crippen MR) is 75.6 cm³/mol. The highest BCUT2D eigenvalue weighted by Gasteiger charge is 2.12. The van der Waals surface area contributed by atoms with Gasteiger partial charge in [0, 0.05) is 20.2 Å². The van der Waals surface area contributed by atoms with Crippen molar-refractivity contribution in [3.8, 4) is 0 Å². The second-order valence-electron chi connectivity index (χ2n) is 4.22. The summed E-state index contributed by atoms with van der Waals surface area (Å²) in [6.45, 7) is 4.32. The lowest BCUT2D eigenvalue weighted by Gasteiger charge is -2.09. The number of nitrogens with zero attached hydrogens (tertiary/aromatic N) is 4. The second-order valence-corrected chi connectivity index (χ2v) is 4.56. The van der Waals surface area contributed by atoms with E-state index in [4.69, 9.17) is 16.3 Å². The van der Waals surface area contributed by atoms with Gasteiger partial charge in [-0.3, -0.25) is 0 Å². The van der Waals surface area contributed by atoms with Crippen molar-refractivity contribution in [1.82, 2.24) is 19.5 Å². The largest absolute Gasteiger partial charge is 0.383 e. The molecule has 0 saturated carbocycles. The maximum atomic E-state index is 5.91. The smallest absolute Gasteiger partial charge is 0.226 e. The van der Waals surface area contributed by atoms with Crippen LogP contribution in [0.15, 0.2) is 6.33 Å². The molecule has 104 valence electrons. The molecule has 0 aliphatic rings. The highest BCUT2D eigenvalue weighted by Crippen LogP contribution is 2.21. The zero-order valence-electron chi connectivity index (χ0n) is 11.2. The number of methoxy groups -OCH3 is 1. The number of ether oxygens (including phenoxy) is 1. The molecule has 0 atom stereocenters. The Morgan fingerprint density at radius 3 is 3.00 bits per heavy atom. The van der Waals surface area contributed by atoms with Gasteiger partial charge in [0.2, 0.25) is 5.28 Å². The van der Waals surface area contributed by atoms with Gasteiger partial charge in [0.15, 0.2) is 11.5 Å². The minimum atomic E-state index is 0.202. The van der Waals surface area contributed by atoms with Crippen molar-refractivity contribution in [3.63, 3.8) is 0 Å². The number of unbranched alkanes of at least 4 members (excludes halogenated alkanes) is 1. The van der Waals surface area contributed by atoms with Crippen molar-refractivity contribution in [3.05, 3.63) is 11.6 Å². The van der Waals surface area contributed by atoms with Crippen molar-refractivity contribution in [2.45, 2.75) is 26.3 Å². The van der Waals surface area contributed by atoms with Crippen LogP contribution in [0.1, 0.15) is 19.8 Å². The minimum absolute atomic E-state index is 0.202. The van der Waals surface area contributed by atoms with E-state index < -0.39 is 0 Å². The summed E-state index contributed by atoms with van der Waals surface area (Å²) < 4.78 is 7.08. The monoisotopic (exact) mass is 283 g/mol. The van der Waals surface area contributed by atoms with E-state index in [1.165, 1.54) is 0 Å². The van der Waals surface area contributed by atoms with Gasteiger partial charge in [-0.1, -0.05) is 13.3 Å². The third-order valence-corrected chi connectivity index (χ3v) is 2.97. The van der Waals surface area contributed by atoms with Crippen LogP contribution >= 0.6 is 11.6 Å². The molecule has 2 aromatic rings. The Labute approximate surface area is 117 Å². The Morgan fingerprint density at radius 1 is 1.42 bits per heavy atom.